The summed E-state index contributed by atoms with van der Waals surface area (Å²) in [6.45, 7) is 2.80. The zero-order valence-corrected chi connectivity index (χ0v) is 17.8. The van der Waals surface area contributed by atoms with E-state index in [9.17, 15) is 18.3 Å². The maximum atomic E-state index is 13.7. The quantitative estimate of drug-likeness (QED) is 0.655. The topological polar surface area (TPSA) is 79.6 Å². The molecule has 1 aliphatic rings. The van der Waals surface area contributed by atoms with Crippen molar-refractivity contribution in [2.24, 2.45) is 5.92 Å². The molecule has 4 rings (SSSR count). The number of hydrogen-bond donors (Lipinski definition) is 1. The number of rotatable bonds is 6. The average molecular weight is 427 g/mol. The molecule has 1 N–H and O–H groups in total. The first-order valence-corrected chi connectivity index (χ1v) is 11.7. The first-order chi connectivity index (χ1) is 14.5. The van der Waals surface area contributed by atoms with Crippen molar-refractivity contribution in [3.63, 3.8) is 0 Å². The third-order valence-corrected chi connectivity index (χ3v) is 7.69. The Labute approximate surface area is 176 Å². The number of fused-ring (bicyclic) bond motifs is 1. The van der Waals surface area contributed by atoms with Crippen molar-refractivity contribution < 1.29 is 18.3 Å². The van der Waals surface area contributed by atoms with Gasteiger partial charge in [0.15, 0.2) is 0 Å². The molecule has 1 aromatic heterocycles. The third-order valence-electron chi connectivity index (χ3n) is 5.94. The largest absolute Gasteiger partial charge is 0.395 e. The summed E-state index contributed by atoms with van der Waals surface area (Å²) in [4.78, 5) is 15.0. The fourth-order valence-corrected chi connectivity index (χ4v) is 6.13. The van der Waals surface area contributed by atoms with E-state index in [1.165, 1.54) is 3.97 Å². The second-order valence-corrected chi connectivity index (χ2v) is 9.43. The van der Waals surface area contributed by atoms with E-state index in [2.05, 4.69) is 0 Å². The molecule has 2 atom stereocenters. The Morgan fingerprint density at radius 3 is 2.47 bits per heavy atom. The van der Waals surface area contributed by atoms with Gasteiger partial charge in [0.1, 0.15) is 5.78 Å². The summed E-state index contributed by atoms with van der Waals surface area (Å²) in [5.41, 5.74) is 1.17. The normalized spacial score (nSPS) is 20.7. The first kappa shape index (κ1) is 20.8. The minimum atomic E-state index is -3.87. The van der Waals surface area contributed by atoms with E-state index in [-0.39, 0.29) is 23.2 Å². The van der Waals surface area contributed by atoms with Crippen molar-refractivity contribution in [1.82, 2.24) is 8.87 Å². The fourth-order valence-electron chi connectivity index (χ4n) is 4.56. The van der Waals surface area contributed by atoms with Crippen LogP contribution in [0.25, 0.3) is 10.9 Å². The van der Waals surface area contributed by atoms with Crippen molar-refractivity contribution in [3.8, 4) is 0 Å². The number of aromatic nitrogens is 1. The molecule has 1 saturated heterocycles. The summed E-state index contributed by atoms with van der Waals surface area (Å²) in [7, 11) is -3.87. The maximum absolute atomic E-state index is 13.7. The zero-order valence-electron chi connectivity index (χ0n) is 16.9. The SMILES string of the molecule is CC[C@@H]1C(=O)CCN(CCO)[C@@H]1c1cc2ccccc2n1S(=O)(=O)c1ccccc1. The Morgan fingerprint density at radius 2 is 1.77 bits per heavy atom. The Kier molecular flexibility index (Phi) is 5.77. The number of benzene rings is 2. The van der Waals surface area contributed by atoms with Gasteiger partial charge in [-0.15, -0.1) is 0 Å². The second kappa shape index (κ2) is 8.34. The van der Waals surface area contributed by atoms with Crippen molar-refractivity contribution >= 4 is 26.7 Å². The highest BCUT2D eigenvalue weighted by Crippen LogP contribution is 2.40. The van der Waals surface area contributed by atoms with E-state index >= 15 is 0 Å². The van der Waals surface area contributed by atoms with E-state index in [1.54, 1.807) is 36.4 Å². The van der Waals surface area contributed by atoms with E-state index in [0.29, 0.717) is 37.1 Å². The van der Waals surface area contributed by atoms with Crippen LogP contribution in [0.5, 0.6) is 0 Å². The molecule has 0 amide bonds. The van der Waals surface area contributed by atoms with E-state index in [4.69, 9.17) is 0 Å². The van der Waals surface area contributed by atoms with Gasteiger partial charge in [-0.2, -0.15) is 0 Å². The molecule has 6 nitrogen and oxygen atoms in total. The van der Waals surface area contributed by atoms with Gasteiger partial charge in [-0.05, 0) is 30.7 Å². The van der Waals surface area contributed by atoms with Crippen LogP contribution in [0.1, 0.15) is 31.5 Å². The summed E-state index contributed by atoms with van der Waals surface area (Å²) in [6.07, 6.45) is 1.03. The number of ketones is 1. The van der Waals surface area contributed by atoms with E-state index < -0.39 is 16.1 Å². The minimum absolute atomic E-state index is 0.0488. The summed E-state index contributed by atoms with van der Waals surface area (Å²) in [5.74, 6) is -0.176. The number of Topliss-reactive ketones (excluding diaryl/α,β-unsaturated/α-hetero) is 1. The molecule has 0 saturated carbocycles. The Hall–Kier alpha value is -2.48. The lowest BCUT2D eigenvalue weighted by atomic mass is 9.84. The van der Waals surface area contributed by atoms with Gasteiger partial charge in [0.25, 0.3) is 10.0 Å². The molecule has 7 heteroatoms. The molecule has 158 valence electrons. The number of nitrogens with zero attached hydrogens (tertiary/aromatic N) is 2. The predicted octanol–water partition coefficient (Wildman–Crippen LogP) is 3.21. The van der Waals surface area contributed by atoms with Crippen LogP contribution >= 0.6 is 0 Å². The number of aliphatic hydroxyl groups is 1. The van der Waals surface area contributed by atoms with E-state index in [0.717, 1.165) is 5.39 Å². The summed E-state index contributed by atoms with van der Waals surface area (Å²) in [6, 6.07) is 17.2. The summed E-state index contributed by atoms with van der Waals surface area (Å²) in [5, 5.41) is 10.4. The Bertz CT molecular complexity index is 1150. The van der Waals surface area contributed by atoms with Crippen LogP contribution in [0.15, 0.2) is 65.6 Å². The van der Waals surface area contributed by atoms with Crippen LogP contribution in [0.2, 0.25) is 0 Å². The highest BCUT2D eigenvalue weighted by Gasteiger charge is 2.40. The van der Waals surface area contributed by atoms with Gasteiger partial charge in [0, 0.05) is 30.8 Å². The van der Waals surface area contributed by atoms with Gasteiger partial charge in [0.05, 0.1) is 28.8 Å². The maximum Gasteiger partial charge on any atom is 0.268 e. The number of β-amino-alcohol motifs (C(OH)–C–C–N with tert-alkyl or cyclic N) is 1. The number of piperidine rings is 1. The van der Waals surface area contributed by atoms with Crippen LogP contribution in [-0.2, 0) is 14.8 Å². The lowest BCUT2D eigenvalue weighted by Gasteiger charge is -2.40. The number of para-hydroxylation sites is 1. The predicted molar refractivity (Wildman–Crippen MR) is 116 cm³/mol. The zero-order chi connectivity index (χ0) is 21.3. The third kappa shape index (κ3) is 3.47. The first-order valence-electron chi connectivity index (χ1n) is 10.3. The van der Waals surface area contributed by atoms with Gasteiger partial charge in [0.2, 0.25) is 0 Å². The summed E-state index contributed by atoms with van der Waals surface area (Å²) >= 11 is 0. The van der Waals surface area contributed by atoms with Gasteiger partial charge in [-0.25, -0.2) is 12.4 Å². The highest BCUT2D eigenvalue weighted by atomic mass is 32.2. The van der Waals surface area contributed by atoms with Crippen LogP contribution in [0.3, 0.4) is 0 Å². The number of carbonyl (C=O) groups is 1. The van der Waals surface area contributed by atoms with Crippen molar-refractivity contribution in [3.05, 3.63) is 66.4 Å². The standard InChI is InChI=1S/C23H26N2O4S/c1-2-19-22(27)12-13-24(14-15-26)23(19)21-16-17-8-6-7-11-20(17)25(21)30(28,29)18-9-4-3-5-10-18/h3-11,16,19,23,26H,2,12-15H2,1H3/t19-,23+/m1/s1. The molecule has 0 aliphatic carbocycles. The molecule has 2 heterocycles. The van der Waals surface area contributed by atoms with Crippen molar-refractivity contribution in [2.45, 2.75) is 30.7 Å². The molecule has 0 spiro atoms. The summed E-state index contributed by atoms with van der Waals surface area (Å²) < 4.78 is 28.8. The van der Waals surface area contributed by atoms with Crippen molar-refractivity contribution in [2.75, 3.05) is 19.7 Å². The van der Waals surface area contributed by atoms with Crippen LogP contribution in [0, 0.1) is 5.92 Å². The van der Waals surface area contributed by atoms with Crippen molar-refractivity contribution in [1.29, 1.82) is 0 Å². The number of likely N-dealkylation sites (tertiary alicyclic amines) is 1. The molecule has 2 aromatic carbocycles. The molecule has 30 heavy (non-hydrogen) atoms. The number of aliphatic hydroxyl groups excluding tert-OH is 1. The molecule has 0 unspecified atom stereocenters. The molecule has 3 aromatic rings. The van der Waals surface area contributed by atoms with Gasteiger partial charge in [-0.1, -0.05) is 43.3 Å². The monoisotopic (exact) mass is 426 g/mol. The fraction of sp³-hybridized carbons (Fsp3) is 0.348. The molecule has 0 radical (unpaired) electrons. The number of carbonyl (C=O) groups excluding carboxylic acids is 1. The number of hydrogen-bond acceptors (Lipinski definition) is 5. The Morgan fingerprint density at radius 1 is 1.07 bits per heavy atom. The minimum Gasteiger partial charge on any atom is -0.395 e. The average Bonchev–Trinajstić information content (AvgIpc) is 3.15. The molecule has 0 bridgehead atoms. The van der Waals surface area contributed by atoms with Crippen LogP contribution in [-0.4, -0.2) is 47.9 Å². The Balaban J connectivity index is 1.99. The van der Waals surface area contributed by atoms with Gasteiger partial charge >= 0.3 is 0 Å². The molecular formula is C23H26N2O4S. The van der Waals surface area contributed by atoms with Crippen LogP contribution in [0.4, 0.5) is 0 Å². The van der Waals surface area contributed by atoms with E-state index in [1.807, 2.05) is 36.1 Å². The lowest BCUT2D eigenvalue weighted by Crippen LogP contribution is -2.45. The highest BCUT2D eigenvalue weighted by molar-refractivity contribution is 7.90. The molecular weight excluding hydrogens is 400 g/mol. The smallest absolute Gasteiger partial charge is 0.268 e. The molecule has 1 aliphatic heterocycles. The van der Waals surface area contributed by atoms with Crippen LogP contribution < -0.4 is 0 Å². The second-order valence-electron chi connectivity index (χ2n) is 7.65. The molecule has 1 fully saturated rings. The lowest BCUT2D eigenvalue weighted by molar-refractivity contribution is -0.129. The van der Waals surface area contributed by atoms with Gasteiger partial charge in [-0.3, -0.25) is 9.69 Å². The van der Waals surface area contributed by atoms with Gasteiger partial charge < -0.3 is 5.11 Å².